The van der Waals surface area contributed by atoms with Gasteiger partial charge in [-0.25, -0.2) is 9.78 Å². The van der Waals surface area contributed by atoms with Gasteiger partial charge in [0, 0.05) is 29.3 Å². The highest BCUT2D eigenvalue weighted by Crippen LogP contribution is 2.35. The Hall–Kier alpha value is -3.52. The number of carbonyl (C=O) groups is 2. The van der Waals surface area contributed by atoms with E-state index in [1.165, 1.54) is 11.3 Å². The summed E-state index contributed by atoms with van der Waals surface area (Å²) in [6.45, 7) is 2.10. The Balaban J connectivity index is 1.31. The molecule has 0 bridgehead atoms. The largest absolute Gasteiger partial charge is 0.462 e. The van der Waals surface area contributed by atoms with Gasteiger partial charge in [0.05, 0.1) is 17.5 Å². The molecule has 1 saturated carbocycles. The minimum atomic E-state index is -0.339. The van der Waals surface area contributed by atoms with Crippen LogP contribution < -0.4 is 10.9 Å². The zero-order chi connectivity index (χ0) is 22.9. The maximum Gasteiger partial charge on any atom is 0.348 e. The first kappa shape index (κ1) is 21.3. The van der Waals surface area contributed by atoms with Gasteiger partial charge >= 0.3 is 5.97 Å². The average molecular weight is 462 g/mol. The number of amides is 1. The fourth-order valence-electron chi connectivity index (χ4n) is 3.95. The van der Waals surface area contributed by atoms with E-state index in [1.54, 1.807) is 23.6 Å². The lowest BCUT2D eigenvalue weighted by Crippen LogP contribution is -2.25. The molecule has 1 amide bonds. The first-order valence-corrected chi connectivity index (χ1v) is 11.9. The van der Waals surface area contributed by atoms with E-state index >= 15 is 0 Å². The van der Waals surface area contributed by atoms with Crippen LogP contribution >= 0.6 is 11.3 Å². The van der Waals surface area contributed by atoms with Crippen LogP contribution in [0.2, 0.25) is 0 Å². The summed E-state index contributed by atoms with van der Waals surface area (Å²) in [5.74, 6) is 0.164. The van der Waals surface area contributed by atoms with Crippen molar-refractivity contribution in [2.75, 3.05) is 11.9 Å². The molecule has 4 aromatic rings. The summed E-state index contributed by atoms with van der Waals surface area (Å²) in [7, 11) is 0. The Kier molecular flexibility index (Phi) is 5.68. The molecular weight excluding hydrogens is 438 g/mol. The number of fused-ring (bicyclic) bond motifs is 2. The number of esters is 1. The van der Waals surface area contributed by atoms with Crippen molar-refractivity contribution in [3.8, 4) is 0 Å². The molecule has 1 fully saturated rings. The van der Waals surface area contributed by atoms with E-state index in [1.807, 2.05) is 36.4 Å². The standard InChI is InChI=1S/C25H23N3O4S/c1-2-32-25(31)21-14-15-13-16(7-10-20(15)33-21)26-23(29)12-11-22-27-19-6-4-3-5-18(19)24(30)28(22)17-8-9-17/h3-7,10,13-14,17H,2,8-9,11-12H2,1H3,(H,26,29). The second kappa shape index (κ2) is 8.78. The minimum absolute atomic E-state index is 0.0289. The van der Waals surface area contributed by atoms with Gasteiger partial charge in [-0.3, -0.25) is 14.2 Å². The molecule has 2 heterocycles. The number of anilines is 1. The van der Waals surface area contributed by atoms with Crippen LogP contribution in [0.15, 0.2) is 53.3 Å². The summed E-state index contributed by atoms with van der Waals surface area (Å²) >= 11 is 1.36. The van der Waals surface area contributed by atoms with Gasteiger partial charge in [0.1, 0.15) is 10.7 Å². The molecule has 0 atom stereocenters. The summed E-state index contributed by atoms with van der Waals surface area (Å²) in [4.78, 5) is 42.8. The van der Waals surface area contributed by atoms with Crippen molar-refractivity contribution in [1.82, 2.24) is 9.55 Å². The summed E-state index contributed by atoms with van der Waals surface area (Å²) in [5.41, 5.74) is 1.29. The number of para-hydroxylation sites is 1. The van der Waals surface area contributed by atoms with Gasteiger partial charge < -0.3 is 10.1 Å². The van der Waals surface area contributed by atoms with Gasteiger partial charge in [-0.15, -0.1) is 11.3 Å². The van der Waals surface area contributed by atoms with Crippen molar-refractivity contribution >= 4 is 49.9 Å². The fourth-order valence-corrected chi connectivity index (χ4v) is 4.89. The minimum Gasteiger partial charge on any atom is -0.462 e. The normalized spacial score (nSPS) is 13.4. The number of hydrogen-bond donors (Lipinski definition) is 1. The van der Waals surface area contributed by atoms with Crippen LogP contribution in [0, 0.1) is 0 Å². The van der Waals surface area contributed by atoms with Crippen LogP contribution in [0.25, 0.3) is 21.0 Å². The van der Waals surface area contributed by atoms with Crippen LogP contribution in [0.3, 0.4) is 0 Å². The SMILES string of the molecule is CCOC(=O)c1cc2cc(NC(=O)CCc3nc4ccccc4c(=O)n3C3CC3)ccc2s1. The van der Waals surface area contributed by atoms with Gasteiger partial charge in [-0.1, -0.05) is 12.1 Å². The predicted molar refractivity (Wildman–Crippen MR) is 129 cm³/mol. The van der Waals surface area contributed by atoms with E-state index in [4.69, 9.17) is 9.72 Å². The number of benzene rings is 2. The second-order valence-corrected chi connectivity index (χ2v) is 9.17. The highest BCUT2D eigenvalue weighted by molar-refractivity contribution is 7.20. The molecule has 1 aliphatic carbocycles. The zero-order valence-corrected chi connectivity index (χ0v) is 19.0. The molecule has 2 aromatic carbocycles. The number of aromatic nitrogens is 2. The number of rotatable bonds is 7. The zero-order valence-electron chi connectivity index (χ0n) is 18.2. The van der Waals surface area contributed by atoms with Crippen LogP contribution in [-0.2, 0) is 16.0 Å². The molecule has 0 spiro atoms. The highest BCUT2D eigenvalue weighted by Gasteiger charge is 2.28. The van der Waals surface area contributed by atoms with Crippen molar-refractivity contribution in [2.45, 2.75) is 38.6 Å². The Labute approximate surface area is 194 Å². The second-order valence-electron chi connectivity index (χ2n) is 8.08. The fraction of sp³-hybridized carbons (Fsp3) is 0.280. The third-order valence-corrected chi connectivity index (χ3v) is 6.74. The molecule has 0 aliphatic heterocycles. The van der Waals surface area contributed by atoms with E-state index in [2.05, 4.69) is 5.32 Å². The smallest absolute Gasteiger partial charge is 0.348 e. The van der Waals surface area contributed by atoms with Crippen LogP contribution in [-0.4, -0.2) is 28.0 Å². The number of aryl methyl sites for hydroxylation is 1. The van der Waals surface area contributed by atoms with E-state index in [9.17, 15) is 14.4 Å². The number of hydrogen-bond acceptors (Lipinski definition) is 6. The molecular formula is C25H23N3O4S. The van der Waals surface area contributed by atoms with Crippen molar-refractivity contribution in [3.05, 3.63) is 69.6 Å². The summed E-state index contributed by atoms with van der Waals surface area (Å²) in [6.07, 6.45) is 2.53. The van der Waals surface area contributed by atoms with Gasteiger partial charge in [0.2, 0.25) is 5.91 Å². The first-order valence-electron chi connectivity index (χ1n) is 11.0. The molecule has 33 heavy (non-hydrogen) atoms. The molecule has 8 heteroatoms. The Morgan fingerprint density at radius 3 is 2.79 bits per heavy atom. The molecule has 0 unspecified atom stereocenters. The number of nitrogens with zero attached hydrogens (tertiary/aromatic N) is 2. The number of nitrogens with one attached hydrogen (secondary N) is 1. The van der Waals surface area contributed by atoms with Crippen molar-refractivity contribution in [1.29, 1.82) is 0 Å². The molecule has 0 saturated heterocycles. The third-order valence-electron chi connectivity index (χ3n) is 5.65. The quantitative estimate of drug-likeness (QED) is 0.403. The number of ether oxygens (including phenoxy) is 1. The highest BCUT2D eigenvalue weighted by atomic mass is 32.1. The van der Waals surface area contributed by atoms with Gasteiger partial charge in [0.15, 0.2) is 0 Å². The molecule has 1 aliphatic rings. The number of carbonyl (C=O) groups excluding carboxylic acids is 2. The Morgan fingerprint density at radius 2 is 2.00 bits per heavy atom. The summed E-state index contributed by atoms with van der Waals surface area (Å²) in [6, 6.07) is 14.8. The first-order chi connectivity index (χ1) is 16.0. The summed E-state index contributed by atoms with van der Waals surface area (Å²) < 4.78 is 7.78. The molecule has 7 nitrogen and oxygen atoms in total. The van der Waals surface area contributed by atoms with Gasteiger partial charge in [-0.2, -0.15) is 0 Å². The van der Waals surface area contributed by atoms with E-state index in [0.29, 0.717) is 40.3 Å². The van der Waals surface area contributed by atoms with Crippen LogP contribution in [0.1, 0.15) is 47.7 Å². The Morgan fingerprint density at radius 1 is 1.18 bits per heavy atom. The molecule has 5 rings (SSSR count). The predicted octanol–water partition coefficient (Wildman–Crippen LogP) is 4.69. The Bertz CT molecular complexity index is 1430. The van der Waals surface area contributed by atoms with Crippen molar-refractivity contribution in [2.24, 2.45) is 0 Å². The molecule has 1 N–H and O–H groups in total. The topological polar surface area (TPSA) is 90.3 Å². The van der Waals surface area contributed by atoms with E-state index < -0.39 is 0 Å². The lowest BCUT2D eigenvalue weighted by Gasteiger charge is -2.13. The van der Waals surface area contributed by atoms with Crippen molar-refractivity contribution < 1.29 is 14.3 Å². The van der Waals surface area contributed by atoms with Crippen LogP contribution in [0.5, 0.6) is 0 Å². The van der Waals surface area contributed by atoms with Gasteiger partial charge in [0.25, 0.3) is 5.56 Å². The van der Waals surface area contributed by atoms with Crippen LogP contribution in [0.4, 0.5) is 5.69 Å². The van der Waals surface area contributed by atoms with Gasteiger partial charge in [-0.05, 0) is 61.5 Å². The maximum atomic E-state index is 13.0. The summed E-state index contributed by atoms with van der Waals surface area (Å²) in [5, 5.41) is 4.41. The molecule has 168 valence electrons. The van der Waals surface area contributed by atoms with Crippen molar-refractivity contribution in [3.63, 3.8) is 0 Å². The van der Waals surface area contributed by atoms with E-state index in [-0.39, 0.29) is 29.9 Å². The maximum absolute atomic E-state index is 13.0. The number of thiophene rings is 1. The molecule has 2 aromatic heterocycles. The third kappa shape index (κ3) is 4.39. The monoisotopic (exact) mass is 461 g/mol. The molecule has 0 radical (unpaired) electrons. The lowest BCUT2D eigenvalue weighted by molar-refractivity contribution is -0.116. The average Bonchev–Trinajstić information content (AvgIpc) is 3.55. The van der Waals surface area contributed by atoms with E-state index in [0.717, 1.165) is 22.9 Å². The lowest BCUT2D eigenvalue weighted by atomic mass is 10.2.